The van der Waals surface area contributed by atoms with E-state index in [4.69, 9.17) is 9.47 Å². The van der Waals surface area contributed by atoms with Crippen LogP contribution in [-0.2, 0) is 24.1 Å². The number of carbonyl (C=O) groups excluding carboxylic acids is 1. The van der Waals surface area contributed by atoms with Crippen LogP contribution in [-0.4, -0.2) is 45.2 Å². The molecule has 0 aromatic heterocycles. The Labute approximate surface area is 168 Å². The number of anilines is 1. The minimum Gasteiger partial charge on any atom is -0.493 e. The number of amides is 1. The number of ether oxygens (including phenoxy) is 2. The summed E-state index contributed by atoms with van der Waals surface area (Å²) in [6.07, 6.45) is 2.63. The Morgan fingerprint density at radius 3 is 2.21 bits per heavy atom. The van der Waals surface area contributed by atoms with Gasteiger partial charge in [-0.1, -0.05) is 38.1 Å². The lowest BCUT2D eigenvalue weighted by molar-refractivity contribution is -0.117. The van der Waals surface area contributed by atoms with Crippen LogP contribution in [0.25, 0.3) is 0 Å². The molecule has 0 bridgehead atoms. The highest BCUT2D eigenvalue weighted by molar-refractivity contribution is 5.93. The molecule has 0 aliphatic heterocycles. The molecule has 0 saturated heterocycles. The predicted molar refractivity (Wildman–Crippen MR) is 115 cm³/mol. The second kappa shape index (κ2) is 10.7. The molecule has 0 fully saturated rings. The molecule has 2 aromatic rings. The first-order chi connectivity index (χ1) is 13.5. The van der Waals surface area contributed by atoms with Crippen LogP contribution in [0.4, 0.5) is 5.69 Å². The van der Waals surface area contributed by atoms with Crippen molar-refractivity contribution in [2.45, 2.75) is 33.1 Å². The first-order valence-electron chi connectivity index (χ1n) is 9.82. The van der Waals surface area contributed by atoms with Gasteiger partial charge in [0.1, 0.15) is 0 Å². The fourth-order valence-electron chi connectivity index (χ4n) is 3.26. The van der Waals surface area contributed by atoms with Crippen LogP contribution in [0, 0.1) is 0 Å². The van der Waals surface area contributed by atoms with Crippen LogP contribution in [0.2, 0.25) is 0 Å². The van der Waals surface area contributed by atoms with E-state index >= 15 is 0 Å². The molecule has 28 heavy (non-hydrogen) atoms. The highest BCUT2D eigenvalue weighted by Crippen LogP contribution is 2.27. The minimum atomic E-state index is 0.0189. The van der Waals surface area contributed by atoms with E-state index in [1.54, 1.807) is 14.2 Å². The summed E-state index contributed by atoms with van der Waals surface area (Å²) in [4.78, 5) is 14.6. The largest absolute Gasteiger partial charge is 0.493 e. The molecule has 0 radical (unpaired) electrons. The fourth-order valence-corrected chi connectivity index (χ4v) is 3.26. The zero-order valence-electron chi connectivity index (χ0n) is 17.7. The molecule has 0 aliphatic carbocycles. The van der Waals surface area contributed by atoms with Crippen LogP contribution in [0.5, 0.6) is 11.5 Å². The van der Waals surface area contributed by atoms with Crippen molar-refractivity contribution in [2.75, 3.05) is 39.7 Å². The van der Waals surface area contributed by atoms with Gasteiger partial charge in [-0.05, 0) is 55.1 Å². The van der Waals surface area contributed by atoms with Crippen molar-refractivity contribution >= 4 is 11.6 Å². The molecule has 0 heterocycles. The van der Waals surface area contributed by atoms with Crippen LogP contribution in [0.15, 0.2) is 36.4 Å². The number of hydrogen-bond donors (Lipinski definition) is 1. The molecule has 2 aromatic carbocycles. The lowest BCUT2D eigenvalue weighted by Crippen LogP contribution is -2.32. The fraction of sp³-hybridized carbons (Fsp3) is 0.435. The SMILES string of the molecule is CCc1cccc(CC)c1NC(=O)CN(C)CCc1ccc(OC)c(OC)c1. The van der Waals surface area contributed by atoms with Crippen molar-refractivity contribution in [3.8, 4) is 11.5 Å². The number of methoxy groups -OCH3 is 2. The average molecular weight is 385 g/mol. The number of benzene rings is 2. The number of rotatable bonds is 10. The van der Waals surface area contributed by atoms with E-state index in [-0.39, 0.29) is 5.91 Å². The number of hydrogen-bond acceptors (Lipinski definition) is 4. The Kier molecular flexibility index (Phi) is 8.33. The predicted octanol–water partition coefficient (Wildman–Crippen LogP) is 3.94. The Bertz CT molecular complexity index is 767. The monoisotopic (exact) mass is 384 g/mol. The van der Waals surface area contributed by atoms with Crippen LogP contribution in [0.3, 0.4) is 0 Å². The molecule has 0 aliphatic rings. The number of para-hydroxylation sites is 1. The van der Waals surface area contributed by atoms with Gasteiger partial charge < -0.3 is 14.8 Å². The summed E-state index contributed by atoms with van der Waals surface area (Å²) >= 11 is 0. The number of aryl methyl sites for hydroxylation is 2. The molecule has 2 rings (SSSR count). The van der Waals surface area contributed by atoms with Gasteiger partial charge in [0.05, 0.1) is 20.8 Å². The van der Waals surface area contributed by atoms with Crippen molar-refractivity contribution in [3.63, 3.8) is 0 Å². The normalized spacial score (nSPS) is 10.8. The third kappa shape index (κ3) is 5.73. The molecular formula is C23H32N2O3. The van der Waals surface area contributed by atoms with Gasteiger partial charge in [0, 0.05) is 12.2 Å². The first kappa shape index (κ1) is 21.8. The van der Waals surface area contributed by atoms with Crippen molar-refractivity contribution in [3.05, 3.63) is 53.1 Å². The van der Waals surface area contributed by atoms with Gasteiger partial charge in [-0.2, -0.15) is 0 Å². The summed E-state index contributed by atoms with van der Waals surface area (Å²) in [5.74, 6) is 1.47. The van der Waals surface area contributed by atoms with E-state index < -0.39 is 0 Å². The van der Waals surface area contributed by atoms with Gasteiger partial charge in [0.15, 0.2) is 11.5 Å². The van der Waals surface area contributed by atoms with E-state index in [9.17, 15) is 4.79 Å². The average Bonchev–Trinajstić information content (AvgIpc) is 2.71. The van der Waals surface area contributed by atoms with E-state index in [1.165, 1.54) is 11.1 Å². The van der Waals surface area contributed by atoms with Crippen molar-refractivity contribution in [1.29, 1.82) is 0 Å². The number of nitrogens with one attached hydrogen (secondary N) is 1. The standard InChI is InChI=1S/C23H32N2O3/c1-6-18-9-8-10-19(7-2)23(18)24-22(26)16-25(3)14-13-17-11-12-20(27-4)21(15-17)28-5/h8-12,15H,6-7,13-14,16H2,1-5H3,(H,24,26). The van der Waals surface area contributed by atoms with Gasteiger partial charge >= 0.3 is 0 Å². The van der Waals surface area contributed by atoms with Gasteiger partial charge in [-0.15, -0.1) is 0 Å². The van der Waals surface area contributed by atoms with Crippen molar-refractivity contribution < 1.29 is 14.3 Å². The molecule has 0 unspecified atom stereocenters. The topological polar surface area (TPSA) is 50.8 Å². The molecule has 1 N–H and O–H groups in total. The van der Waals surface area contributed by atoms with E-state index in [2.05, 4.69) is 37.4 Å². The maximum absolute atomic E-state index is 12.6. The highest BCUT2D eigenvalue weighted by atomic mass is 16.5. The second-order valence-corrected chi connectivity index (χ2v) is 6.88. The minimum absolute atomic E-state index is 0.0189. The molecule has 0 atom stereocenters. The van der Waals surface area contributed by atoms with E-state index in [0.29, 0.717) is 6.54 Å². The van der Waals surface area contributed by atoms with Gasteiger partial charge in [0.25, 0.3) is 0 Å². The van der Waals surface area contributed by atoms with Crippen LogP contribution >= 0.6 is 0 Å². The lowest BCUT2D eigenvalue weighted by atomic mass is 10.0. The summed E-state index contributed by atoms with van der Waals surface area (Å²) in [5, 5.41) is 3.13. The third-order valence-corrected chi connectivity index (χ3v) is 4.91. The molecule has 5 heteroatoms. The summed E-state index contributed by atoms with van der Waals surface area (Å²) in [5.41, 5.74) is 4.49. The number of likely N-dealkylation sites (N-methyl/N-ethyl adjacent to an activating group) is 1. The van der Waals surface area contributed by atoms with Gasteiger partial charge in [0.2, 0.25) is 5.91 Å². The van der Waals surface area contributed by atoms with Crippen molar-refractivity contribution in [2.24, 2.45) is 0 Å². The van der Waals surface area contributed by atoms with Crippen molar-refractivity contribution in [1.82, 2.24) is 4.90 Å². The maximum atomic E-state index is 12.6. The quantitative estimate of drug-likeness (QED) is 0.674. The molecular weight excluding hydrogens is 352 g/mol. The lowest BCUT2D eigenvalue weighted by Gasteiger charge is -2.19. The molecule has 5 nitrogen and oxygen atoms in total. The van der Waals surface area contributed by atoms with Crippen LogP contribution < -0.4 is 14.8 Å². The van der Waals surface area contributed by atoms with Gasteiger partial charge in [-0.3, -0.25) is 9.69 Å². The zero-order chi connectivity index (χ0) is 20.5. The number of nitrogens with zero attached hydrogens (tertiary/aromatic N) is 1. The second-order valence-electron chi connectivity index (χ2n) is 6.88. The smallest absolute Gasteiger partial charge is 0.238 e. The maximum Gasteiger partial charge on any atom is 0.238 e. The summed E-state index contributed by atoms with van der Waals surface area (Å²) in [6, 6.07) is 12.1. The Morgan fingerprint density at radius 2 is 1.64 bits per heavy atom. The Balaban J connectivity index is 1.93. The summed E-state index contributed by atoms with van der Waals surface area (Å²) in [6.45, 7) is 5.35. The highest BCUT2D eigenvalue weighted by Gasteiger charge is 2.12. The van der Waals surface area contributed by atoms with Gasteiger partial charge in [-0.25, -0.2) is 0 Å². The molecule has 0 saturated carbocycles. The molecule has 1 amide bonds. The molecule has 152 valence electrons. The number of carbonyl (C=O) groups is 1. The Morgan fingerprint density at radius 1 is 1.00 bits per heavy atom. The summed E-state index contributed by atoms with van der Waals surface area (Å²) in [7, 11) is 5.23. The zero-order valence-corrected chi connectivity index (χ0v) is 17.7. The van der Waals surface area contributed by atoms with Crippen LogP contribution in [0.1, 0.15) is 30.5 Å². The first-order valence-corrected chi connectivity index (χ1v) is 9.82. The molecule has 0 spiro atoms. The third-order valence-electron chi connectivity index (χ3n) is 4.91. The van der Waals surface area contributed by atoms with E-state index in [1.807, 2.05) is 30.1 Å². The van der Waals surface area contributed by atoms with E-state index in [0.717, 1.165) is 48.6 Å². The Hall–Kier alpha value is -2.53. The summed E-state index contributed by atoms with van der Waals surface area (Å²) < 4.78 is 10.6.